The van der Waals surface area contributed by atoms with Gasteiger partial charge in [-0.3, -0.25) is 24.0 Å². The van der Waals surface area contributed by atoms with Crippen molar-refractivity contribution in [1.29, 1.82) is 0 Å². The molecule has 0 saturated carbocycles. The van der Waals surface area contributed by atoms with Crippen molar-refractivity contribution in [2.75, 3.05) is 38.0 Å². The van der Waals surface area contributed by atoms with Gasteiger partial charge in [-0.15, -0.1) is 0 Å². The monoisotopic (exact) mass is 1090 g/mol. The summed E-state index contributed by atoms with van der Waals surface area (Å²) in [6, 6.07) is 18.1. The number of carboxylic acid groups (broad SMARTS) is 2. The predicted octanol–water partition coefficient (Wildman–Crippen LogP) is 4.99. The Balaban J connectivity index is 0.956. The number of aliphatic carboxylic acids is 2. The molecule has 24 heteroatoms. The Hall–Kier alpha value is -7.49. The standard InChI is InChI=1S/C50H49Cl4N11O9/c51-32-13-12-30(43(54)42(32)47(70)65-38(49(73)74)21-60-40(67)23-61-45(68)36-14-10-25-7-3-15-57-44(25)63-36)27-6-1-5-26(16-27)28-17-33(52)41(34(53)18-28)46(69)64-37(48(71)72)20-59-39(66)22-58-35-8-2-4-24-9-11-29(19-31(24)35)62-50(55)56/h1,5-6,9-14,16-19,35,37-38,58H,2-4,7-8,15,20-23H2,(H,57,63)(H,59,66)(H,60,67)(H,61,68)(H,64,69)(H,65,70)(H,71,72)(H,73,74)(H4,55,56,62)/t35?,37-,38-/m0/s1. The van der Waals surface area contributed by atoms with E-state index in [0.29, 0.717) is 33.8 Å². The third-order valence-corrected chi connectivity index (χ3v) is 13.4. The Morgan fingerprint density at radius 2 is 1.31 bits per heavy atom. The molecule has 1 aliphatic heterocycles. The maximum Gasteiger partial charge on any atom is 0.328 e. The lowest BCUT2D eigenvalue weighted by atomic mass is 9.87. The molecule has 386 valence electrons. The van der Waals surface area contributed by atoms with Crippen LogP contribution < -0.4 is 48.7 Å². The Kier molecular flexibility index (Phi) is 18.0. The molecule has 74 heavy (non-hydrogen) atoms. The highest BCUT2D eigenvalue weighted by molar-refractivity contribution is 6.42. The van der Waals surface area contributed by atoms with Gasteiger partial charge in [0.2, 0.25) is 11.8 Å². The van der Waals surface area contributed by atoms with Crippen molar-refractivity contribution >= 4 is 105 Å². The van der Waals surface area contributed by atoms with Crippen molar-refractivity contribution in [3.8, 4) is 22.3 Å². The summed E-state index contributed by atoms with van der Waals surface area (Å²) in [7, 11) is 0. The molecule has 5 aromatic rings. The second-order valence-electron chi connectivity index (χ2n) is 17.2. The zero-order valence-electron chi connectivity index (χ0n) is 39.1. The molecule has 20 nitrogen and oxygen atoms in total. The number of amides is 5. The highest BCUT2D eigenvalue weighted by Gasteiger charge is 2.28. The number of hydrogen-bond acceptors (Lipinski definition) is 11. The number of pyridine rings is 1. The number of rotatable bonds is 19. The van der Waals surface area contributed by atoms with E-state index >= 15 is 0 Å². The fraction of sp³-hybridized carbons (Fsp3) is 0.260. The van der Waals surface area contributed by atoms with Gasteiger partial charge in [0.1, 0.15) is 23.6 Å². The maximum atomic E-state index is 13.6. The van der Waals surface area contributed by atoms with Gasteiger partial charge in [0.25, 0.3) is 17.7 Å². The quantitative estimate of drug-likeness (QED) is 0.0384. The SMILES string of the molecule is NC(N)=Nc1ccc2c(c1)C(NCC(=O)NC[C@H](NC(=O)c1c(Cl)cc(-c3cccc(-c4ccc(Cl)c(C(=O)N[C@@H](CNC(=O)CNC(=O)c5ccc6c(n5)NCCC6)C(=O)O)c4Cl)c3)cc1Cl)C(=O)O)CCC2. The average Bonchev–Trinajstić information content (AvgIpc) is 3.36. The molecular formula is C50H49Cl4N11O9. The summed E-state index contributed by atoms with van der Waals surface area (Å²) in [5.41, 5.74) is 16.0. The second-order valence-corrected chi connectivity index (χ2v) is 18.8. The van der Waals surface area contributed by atoms with Crippen LogP contribution in [0.25, 0.3) is 22.3 Å². The van der Waals surface area contributed by atoms with E-state index in [9.17, 15) is 43.8 Å². The number of benzene rings is 4. The van der Waals surface area contributed by atoms with Crippen molar-refractivity contribution in [3.05, 3.63) is 132 Å². The number of carboxylic acids is 2. The number of guanidine groups is 1. The molecule has 0 bridgehead atoms. The molecule has 2 aliphatic rings. The number of hydrogen-bond donors (Lipinski definition) is 11. The minimum absolute atomic E-state index is 0.0850. The zero-order valence-corrected chi connectivity index (χ0v) is 42.1. The molecule has 1 aliphatic carbocycles. The smallest absolute Gasteiger partial charge is 0.328 e. The van der Waals surface area contributed by atoms with E-state index in [1.165, 1.54) is 18.2 Å². The largest absolute Gasteiger partial charge is 0.480 e. The molecule has 2 heterocycles. The van der Waals surface area contributed by atoms with Crippen LogP contribution in [0.4, 0.5) is 11.5 Å². The molecule has 1 unspecified atom stereocenters. The Labute approximate surface area is 443 Å². The van der Waals surface area contributed by atoms with Crippen molar-refractivity contribution in [3.63, 3.8) is 0 Å². The van der Waals surface area contributed by atoms with Crippen LogP contribution in [0.1, 0.15) is 73.2 Å². The van der Waals surface area contributed by atoms with Gasteiger partial charge in [-0.05, 0) is 108 Å². The first-order valence-corrected chi connectivity index (χ1v) is 24.5. The molecule has 3 atom stereocenters. The van der Waals surface area contributed by atoms with Gasteiger partial charge >= 0.3 is 11.9 Å². The van der Waals surface area contributed by atoms with Crippen LogP contribution in [0, 0.1) is 0 Å². The predicted molar refractivity (Wildman–Crippen MR) is 280 cm³/mol. The number of aryl methyl sites for hydroxylation is 2. The molecule has 13 N–H and O–H groups in total. The van der Waals surface area contributed by atoms with Gasteiger partial charge in [-0.1, -0.05) is 82.8 Å². The minimum atomic E-state index is -1.64. The normalized spacial score (nSPS) is 14.4. The molecular weight excluding hydrogens is 1040 g/mol. The average molecular weight is 1090 g/mol. The van der Waals surface area contributed by atoms with Crippen molar-refractivity contribution in [1.82, 2.24) is 36.9 Å². The number of nitrogens with two attached hydrogens (primary N) is 2. The van der Waals surface area contributed by atoms with Crippen LogP contribution >= 0.6 is 46.4 Å². The van der Waals surface area contributed by atoms with Gasteiger partial charge < -0.3 is 58.9 Å². The number of halogens is 4. The van der Waals surface area contributed by atoms with E-state index in [4.69, 9.17) is 57.9 Å². The topological polar surface area (TPSA) is 321 Å². The van der Waals surface area contributed by atoms with E-state index in [1.54, 1.807) is 42.5 Å². The van der Waals surface area contributed by atoms with Gasteiger partial charge in [-0.25, -0.2) is 19.6 Å². The molecule has 0 saturated heterocycles. The van der Waals surface area contributed by atoms with Crippen LogP contribution in [0.15, 0.2) is 83.9 Å². The van der Waals surface area contributed by atoms with Gasteiger partial charge in [0.05, 0.1) is 50.0 Å². The first kappa shape index (κ1) is 54.3. The molecule has 0 spiro atoms. The van der Waals surface area contributed by atoms with Crippen molar-refractivity contribution in [2.24, 2.45) is 16.5 Å². The minimum Gasteiger partial charge on any atom is -0.480 e. The number of nitrogens with one attached hydrogen (secondary N) is 7. The molecule has 5 amide bonds. The fourth-order valence-electron chi connectivity index (χ4n) is 8.36. The summed E-state index contributed by atoms with van der Waals surface area (Å²) in [6.07, 6.45) is 4.24. The van der Waals surface area contributed by atoms with E-state index in [1.807, 2.05) is 18.2 Å². The maximum absolute atomic E-state index is 13.6. The molecule has 7 rings (SSSR count). The summed E-state index contributed by atoms with van der Waals surface area (Å²) >= 11 is 26.5. The zero-order chi connectivity index (χ0) is 53.2. The highest BCUT2D eigenvalue weighted by Crippen LogP contribution is 2.38. The number of fused-ring (bicyclic) bond motifs is 2. The van der Waals surface area contributed by atoms with E-state index in [2.05, 4.69) is 47.2 Å². The first-order valence-electron chi connectivity index (χ1n) is 23.0. The summed E-state index contributed by atoms with van der Waals surface area (Å²) in [5.74, 6) is -6.12. The molecule has 4 aromatic carbocycles. The lowest BCUT2D eigenvalue weighted by Gasteiger charge is -2.27. The van der Waals surface area contributed by atoms with Crippen LogP contribution in [0.5, 0.6) is 0 Å². The van der Waals surface area contributed by atoms with Crippen LogP contribution in [0.2, 0.25) is 20.1 Å². The first-order chi connectivity index (χ1) is 35.4. The Morgan fingerprint density at radius 3 is 1.99 bits per heavy atom. The van der Waals surface area contributed by atoms with Crippen LogP contribution in [0.3, 0.4) is 0 Å². The summed E-state index contributed by atoms with van der Waals surface area (Å²) in [4.78, 5) is 98.2. The lowest BCUT2D eigenvalue weighted by molar-refractivity contribution is -0.140. The second kappa shape index (κ2) is 24.5. The van der Waals surface area contributed by atoms with Gasteiger partial charge in [-0.2, -0.15) is 0 Å². The Bertz CT molecular complexity index is 3060. The summed E-state index contributed by atoms with van der Waals surface area (Å²) < 4.78 is 0. The Morgan fingerprint density at radius 1 is 0.676 bits per heavy atom. The highest BCUT2D eigenvalue weighted by atomic mass is 35.5. The van der Waals surface area contributed by atoms with E-state index in [-0.39, 0.29) is 55.5 Å². The van der Waals surface area contributed by atoms with Gasteiger partial charge in [0, 0.05) is 31.2 Å². The number of anilines is 1. The lowest BCUT2D eigenvalue weighted by Crippen LogP contribution is -2.50. The number of aromatic nitrogens is 1. The van der Waals surface area contributed by atoms with Crippen molar-refractivity contribution in [2.45, 2.75) is 50.2 Å². The molecule has 0 radical (unpaired) electrons. The fourth-order valence-corrected chi connectivity index (χ4v) is 9.67. The number of nitrogens with zero attached hydrogens (tertiary/aromatic N) is 2. The van der Waals surface area contributed by atoms with Gasteiger partial charge in [0.15, 0.2) is 5.96 Å². The summed E-state index contributed by atoms with van der Waals surface area (Å²) in [5, 5.41) is 37.8. The number of carbonyl (C=O) groups is 7. The number of carbonyl (C=O) groups excluding carboxylic acids is 5. The third-order valence-electron chi connectivity index (χ3n) is 12.1. The number of aliphatic imine (C=N–C) groups is 1. The molecule has 1 aromatic heterocycles. The van der Waals surface area contributed by atoms with E-state index in [0.717, 1.165) is 55.3 Å². The molecule has 0 fully saturated rings. The van der Waals surface area contributed by atoms with Crippen LogP contribution in [-0.2, 0) is 32.0 Å². The summed E-state index contributed by atoms with van der Waals surface area (Å²) in [6.45, 7) is -0.936. The van der Waals surface area contributed by atoms with E-state index < -0.39 is 73.2 Å². The van der Waals surface area contributed by atoms with Crippen LogP contribution in [-0.4, -0.2) is 107 Å². The van der Waals surface area contributed by atoms with Crippen molar-refractivity contribution < 1.29 is 43.8 Å². The third kappa shape index (κ3) is 13.6.